The van der Waals surface area contributed by atoms with Crippen molar-refractivity contribution in [3.8, 4) is 0 Å². The number of unbranched alkanes of at least 4 members (excludes halogenated alkanes) is 1. The van der Waals surface area contributed by atoms with E-state index in [0.717, 1.165) is 12.8 Å². The van der Waals surface area contributed by atoms with Crippen molar-refractivity contribution in [3.05, 3.63) is 34.6 Å². The van der Waals surface area contributed by atoms with Crippen molar-refractivity contribution in [2.24, 2.45) is 0 Å². The van der Waals surface area contributed by atoms with Gasteiger partial charge in [-0.25, -0.2) is 13.4 Å². The van der Waals surface area contributed by atoms with Gasteiger partial charge in [0.15, 0.2) is 15.0 Å². The van der Waals surface area contributed by atoms with Gasteiger partial charge < -0.3 is 5.11 Å². The number of thioether (sulfide) groups is 1. The SMILES string of the molecule is CCCCn1c(S[C@H]2CS(=O)(=O)C[C@H]2O)nc2ccccc2c1=O. The molecule has 0 aliphatic carbocycles. The summed E-state index contributed by atoms with van der Waals surface area (Å²) in [6.45, 7) is 2.57. The first-order chi connectivity index (χ1) is 11.4. The molecule has 0 amide bonds. The molecule has 6 nitrogen and oxygen atoms in total. The third-order valence-corrected chi connectivity index (χ3v) is 7.32. The molecule has 0 saturated carbocycles. The number of aliphatic hydroxyl groups is 1. The van der Waals surface area contributed by atoms with E-state index < -0.39 is 21.2 Å². The highest BCUT2D eigenvalue weighted by atomic mass is 32.2. The Morgan fingerprint density at radius 1 is 1.33 bits per heavy atom. The molecule has 0 unspecified atom stereocenters. The average molecular weight is 368 g/mol. The van der Waals surface area contributed by atoms with Crippen LogP contribution in [-0.4, -0.2) is 45.9 Å². The van der Waals surface area contributed by atoms with Crippen LogP contribution in [0.3, 0.4) is 0 Å². The van der Waals surface area contributed by atoms with Crippen molar-refractivity contribution in [1.29, 1.82) is 0 Å². The first-order valence-electron chi connectivity index (χ1n) is 7.96. The normalized spacial score (nSPS) is 22.9. The van der Waals surface area contributed by atoms with Crippen molar-refractivity contribution in [1.82, 2.24) is 9.55 Å². The van der Waals surface area contributed by atoms with Gasteiger partial charge in [0.05, 0.1) is 33.8 Å². The molecule has 0 spiro atoms. The molecule has 1 aromatic carbocycles. The van der Waals surface area contributed by atoms with Gasteiger partial charge in [-0.1, -0.05) is 37.2 Å². The third-order valence-electron chi connectivity index (χ3n) is 4.09. The zero-order valence-corrected chi connectivity index (χ0v) is 15.0. The van der Waals surface area contributed by atoms with Gasteiger partial charge in [-0.2, -0.15) is 0 Å². The number of fused-ring (bicyclic) bond motifs is 1. The number of benzene rings is 1. The van der Waals surface area contributed by atoms with E-state index in [0.29, 0.717) is 22.6 Å². The summed E-state index contributed by atoms with van der Waals surface area (Å²) in [6, 6.07) is 7.13. The molecule has 1 N–H and O–H groups in total. The van der Waals surface area contributed by atoms with Crippen molar-refractivity contribution in [2.45, 2.75) is 42.8 Å². The molecule has 130 valence electrons. The molecular weight excluding hydrogens is 348 g/mol. The summed E-state index contributed by atoms with van der Waals surface area (Å²) in [6.07, 6.45) is 0.839. The van der Waals surface area contributed by atoms with Gasteiger partial charge in [-0.05, 0) is 18.6 Å². The maximum absolute atomic E-state index is 12.8. The maximum atomic E-state index is 12.8. The molecule has 0 bridgehead atoms. The summed E-state index contributed by atoms with van der Waals surface area (Å²) in [7, 11) is -3.23. The number of aliphatic hydroxyl groups excluding tert-OH is 1. The van der Waals surface area contributed by atoms with Gasteiger partial charge in [0.25, 0.3) is 5.56 Å². The fourth-order valence-electron chi connectivity index (χ4n) is 2.80. The van der Waals surface area contributed by atoms with Gasteiger partial charge in [-0.15, -0.1) is 0 Å². The number of para-hydroxylation sites is 1. The fourth-order valence-corrected chi connectivity index (χ4v) is 6.40. The fraction of sp³-hybridized carbons (Fsp3) is 0.500. The minimum atomic E-state index is -3.23. The van der Waals surface area contributed by atoms with E-state index in [2.05, 4.69) is 4.98 Å². The standard InChI is InChI=1S/C16H20N2O4S2/c1-2-3-8-18-15(20)11-6-4-5-7-12(11)17-16(18)23-14-10-24(21,22)9-13(14)19/h4-7,13-14,19H,2-3,8-10H2,1H3/t13-,14+/m1/s1. The molecule has 1 saturated heterocycles. The van der Waals surface area contributed by atoms with Crippen LogP contribution < -0.4 is 5.56 Å². The van der Waals surface area contributed by atoms with E-state index in [1.165, 1.54) is 11.8 Å². The number of rotatable bonds is 5. The molecular formula is C16H20N2O4S2. The summed E-state index contributed by atoms with van der Waals surface area (Å²) in [4.78, 5) is 17.3. The highest BCUT2D eigenvalue weighted by Crippen LogP contribution is 2.30. The molecule has 24 heavy (non-hydrogen) atoms. The molecule has 0 radical (unpaired) electrons. The van der Waals surface area contributed by atoms with Gasteiger partial charge in [-0.3, -0.25) is 9.36 Å². The molecule has 8 heteroatoms. The topological polar surface area (TPSA) is 89.3 Å². The van der Waals surface area contributed by atoms with Crippen LogP contribution in [0.4, 0.5) is 0 Å². The monoisotopic (exact) mass is 368 g/mol. The largest absolute Gasteiger partial charge is 0.391 e. The lowest BCUT2D eigenvalue weighted by Gasteiger charge is -2.16. The Labute approximate surface area is 144 Å². The highest BCUT2D eigenvalue weighted by molar-refractivity contribution is 8.01. The summed E-state index contributed by atoms with van der Waals surface area (Å²) in [5.41, 5.74) is 0.472. The van der Waals surface area contributed by atoms with Gasteiger partial charge in [0.2, 0.25) is 0 Å². The first-order valence-corrected chi connectivity index (χ1v) is 10.7. The highest BCUT2D eigenvalue weighted by Gasteiger charge is 2.38. The van der Waals surface area contributed by atoms with Gasteiger partial charge in [0, 0.05) is 6.54 Å². The molecule has 1 aliphatic heterocycles. The molecule has 3 rings (SSSR count). The Morgan fingerprint density at radius 3 is 2.75 bits per heavy atom. The van der Waals surface area contributed by atoms with Crippen molar-refractivity contribution < 1.29 is 13.5 Å². The predicted molar refractivity (Wildman–Crippen MR) is 95.2 cm³/mol. The lowest BCUT2D eigenvalue weighted by molar-refractivity contribution is 0.207. The van der Waals surface area contributed by atoms with Crippen LogP contribution in [0.25, 0.3) is 10.9 Å². The van der Waals surface area contributed by atoms with E-state index in [4.69, 9.17) is 0 Å². The minimum Gasteiger partial charge on any atom is -0.391 e. The van der Waals surface area contributed by atoms with Crippen LogP contribution in [0.15, 0.2) is 34.2 Å². The van der Waals surface area contributed by atoms with Crippen molar-refractivity contribution in [2.75, 3.05) is 11.5 Å². The second kappa shape index (κ2) is 6.85. The van der Waals surface area contributed by atoms with E-state index in [-0.39, 0.29) is 17.1 Å². The minimum absolute atomic E-state index is 0.0880. The number of aromatic nitrogens is 2. The van der Waals surface area contributed by atoms with Gasteiger partial charge >= 0.3 is 0 Å². The van der Waals surface area contributed by atoms with Crippen molar-refractivity contribution in [3.63, 3.8) is 0 Å². The average Bonchev–Trinajstić information content (AvgIpc) is 2.79. The zero-order valence-electron chi connectivity index (χ0n) is 13.4. The summed E-state index contributed by atoms with van der Waals surface area (Å²) in [5, 5.41) is 10.6. The summed E-state index contributed by atoms with van der Waals surface area (Å²) < 4.78 is 25.0. The zero-order chi connectivity index (χ0) is 17.3. The second-order valence-electron chi connectivity index (χ2n) is 6.02. The summed E-state index contributed by atoms with van der Waals surface area (Å²) in [5.74, 6) is -0.313. The van der Waals surface area contributed by atoms with Crippen LogP contribution in [0.5, 0.6) is 0 Å². The molecule has 1 aliphatic rings. The second-order valence-corrected chi connectivity index (χ2v) is 9.38. The Hall–Kier alpha value is -1.38. The Bertz CT molecular complexity index is 908. The van der Waals surface area contributed by atoms with E-state index in [1.807, 2.05) is 13.0 Å². The molecule has 2 atom stereocenters. The number of hydrogen-bond donors (Lipinski definition) is 1. The quantitative estimate of drug-likeness (QED) is 0.804. The van der Waals surface area contributed by atoms with E-state index in [9.17, 15) is 18.3 Å². The first kappa shape index (κ1) is 17.4. The number of nitrogens with zero attached hydrogens (tertiary/aromatic N) is 2. The number of hydrogen-bond acceptors (Lipinski definition) is 6. The van der Waals surface area contributed by atoms with Gasteiger partial charge in [0.1, 0.15) is 0 Å². The van der Waals surface area contributed by atoms with E-state index >= 15 is 0 Å². The molecule has 2 heterocycles. The predicted octanol–water partition coefficient (Wildman–Crippen LogP) is 1.45. The van der Waals surface area contributed by atoms with Crippen LogP contribution in [-0.2, 0) is 16.4 Å². The summed E-state index contributed by atoms with van der Waals surface area (Å²) >= 11 is 1.19. The van der Waals surface area contributed by atoms with E-state index in [1.54, 1.807) is 22.8 Å². The Kier molecular flexibility index (Phi) is 4.98. The van der Waals surface area contributed by atoms with Crippen LogP contribution in [0.1, 0.15) is 19.8 Å². The van der Waals surface area contributed by atoms with Crippen molar-refractivity contribution >= 4 is 32.5 Å². The maximum Gasteiger partial charge on any atom is 0.262 e. The van der Waals surface area contributed by atoms with Crippen LogP contribution in [0, 0.1) is 0 Å². The molecule has 2 aromatic rings. The third kappa shape index (κ3) is 3.50. The van der Waals surface area contributed by atoms with Crippen LogP contribution >= 0.6 is 11.8 Å². The molecule has 1 aromatic heterocycles. The van der Waals surface area contributed by atoms with Crippen LogP contribution in [0.2, 0.25) is 0 Å². The lowest BCUT2D eigenvalue weighted by Crippen LogP contribution is -2.26. The Balaban J connectivity index is 2.03. The number of sulfone groups is 1. The molecule has 1 fully saturated rings. The Morgan fingerprint density at radius 2 is 2.08 bits per heavy atom. The smallest absolute Gasteiger partial charge is 0.262 e. The lowest BCUT2D eigenvalue weighted by atomic mass is 10.2.